The molecular weight excluding hydrogens is 314 g/mol. The van der Waals surface area contributed by atoms with E-state index in [9.17, 15) is 0 Å². The van der Waals surface area contributed by atoms with E-state index in [0.29, 0.717) is 16.7 Å². The Morgan fingerprint density at radius 1 is 1.26 bits per heavy atom. The molecule has 116 valence electrons. The van der Waals surface area contributed by atoms with Crippen molar-refractivity contribution in [2.24, 2.45) is 0 Å². The molecule has 8 heteroatoms. The van der Waals surface area contributed by atoms with Crippen LogP contribution in [-0.4, -0.2) is 23.1 Å². The largest absolute Gasteiger partial charge is 0.393 e. The number of anilines is 4. The minimum Gasteiger partial charge on any atom is -0.393 e. The van der Waals surface area contributed by atoms with Gasteiger partial charge < -0.3 is 16.0 Å². The summed E-state index contributed by atoms with van der Waals surface area (Å²) in [5.41, 5.74) is 7.99. The summed E-state index contributed by atoms with van der Waals surface area (Å²) in [6.45, 7) is 1.88. The zero-order valence-corrected chi connectivity index (χ0v) is 13.2. The summed E-state index contributed by atoms with van der Waals surface area (Å²) in [6.07, 6.45) is 1.33. The highest BCUT2D eigenvalue weighted by atomic mass is 35.5. The monoisotopic (exact) mass is 327 g/mol. The Kier molecular flexibility index (Phi) is 5.19. The predicted octanol–water partition coefficient (Wildman–Crippen LogP) is 2.62. The molecule has 0 fully saturated rings. The first-order chi connectivity index (χ1) is 11.1. The maximum absolute atomic E-state index is 8.87. The zero-order valence-electron chi connectivity index (χ0n) is 12.4. The number of benzene rings is 1. The molecule has 0 bridgehead atoms. The molecule has 0 spiro atoms. The number of hydrogen-bond acceptors (Lipinski definition) is 7. The zero-order chi connectivity index (χ0) is 16.8. The summed E-state index contributed by atoms with van der Waals surface area (Å²) >= 11 is 6.10. The topological polar surface area (TPSA) is 115 Å². The van der Waals surface area contributed by atoms with Crippen LogP contribution in [0.15, 0.2) is 24.5 Å². The average molecular weight is 328 g/mol. The fourth-order valence-electron chi connectivity index (χ4n) is 1.98. The summed E-state index contributed by atoms with van der Waals surface area (Å²) in [7, 11) is 0. The molecule has 2 rings (SSSR count). The van der Waals surface area contributed by atoms with E-state index in [1.54, 1.807) is 6.07 Å². The number of nitrogens with zero attached hydrogens (tertiary/aromatic N) is 5. The third-order valence-electron chi connectivity index (χ3n) is 3.21. The fraction of sp³-hybridized carbons (Fsp3) is 0.200. The fourth-order valence-corrected chi connectivity index (χ4v) is 2.16. The molecule has 0 amide bonds. The van der Waals surface area contributed by atoms with Gasteiger partial charge in [0.25, 0.3) is 0 Å². The van der Waals surface area contributed by atoms with Crippen LogP contribution in [0.2, 0.25) is 5.02 Å². The smallest absolute Gasteiger partial charge is 0.159 e. The normalized spacial score (nSPS) is 9.74. The lowest BCUT2D eigenvalue weighted by Gasteiger charge is -2.20. The van der Waals surface area contributed by atoms with Crippen molar-refractivity contribution in [3.8, 4) is 12.1 Å². The van der Waals surface area contributed by atoms with Gasteiger partial charge in [0.1, 0.15) is 25.1 Å². The Bertz CT molecular complexity index is 775. The molecule has 0 aliphatic heterocycles. The van der Waals surface area contributed by atoms with E-state index in [4.69, 9.17) is 27.9 Å². The number of nitrogen functional groups attached to an aromatic ring is 1. The van der Waals surface area contributed by atoms with Crippen LogP contribution < -0.4 is 16.0 Å². The van der Waals surface area contributed by atoms with Crippen LogP contribution in [0, 0.1) is 29.6 Å². The van der Waals surface area contributed by atoms with Crippen molar-refractivity contribution in [1.82, 2.24) is 9.97 Å². The SMILES string of the molecule is Cc1c(Cl)cccc1Nc1ncnc(N(CC#N)CC#N)c1N. The van der Waals surface area contributed by atoms with Crippen LogP contribution in [0.5, 0.6) is 0 Å². The maximum atomic E-state index is 8.87. The van der Waals surface area contributed by atoms with Crippen molar-refractivity contribution in [3.63, 3.8) is 0 Å². The molecule has 0 unspecified atom stereocenters. The lowest BCUT2D eigenvalue weighted by Crippen LogP contribution is -2.26. The highest BCUT2D eigenvalue weighted by Gasteiger charge is 2.15. The van der Waals surface area contributed by atoms with E-state index >= 15 is 0 Å². The van der Waals surface area contributed by atoms with Gasteiger partial charge in [-0.3, -0.25) is 0 Å². The maximum Gasteiger partial charge on any atom is 0.159 e. The van der Waals surface area contributed by atoms with Gasteiger partial charge in [0, 0.05) is 10.7 Å². The van der Waals surface area contributed by atoms with Crippen LogP contribution >= 0.6 is 11.6 Å². The van der Waals surface area contributed by atoms with Gasteiger partial charge in [-0.2, -0.15) is 10.5 Å². The summed E-state index contributed by atoms with van der Waals surface area (Å²) in [5.74, 6) is 0.728. The molecule has 1 heterocycles. The standard InChI is InChI=1S/C15H14ClN7/c1-10-11(16)3-2-4-12(10)22-14-13(19)15(21-9-20-14)23(7-5-17)8-6-18/h2-4,9H,7-8,19H2,1H3,(H,20,21,22). The average Bonchev–Trinajstić information content (AvgIpc) is 2.53. The first-order valence-corrected chi connectivity index (χ1v) is 7.07. The molecule has 7 nitrogen and oxygen atoms in total. The third-order valence-corrected chi connectivity index (χ3v) is 3.62. The number of aromatic nitrogens is 2. The summed E-state index contributed by atoms with van der Waals surface area (Å²) < 4.78 is 0. The molecule has 1 aromatic heterocycles. The van der Waals surface area contributed by atoms with E-state index in [2.05, 4.69) is 15.3 Å². The molecule has 0 saturated carbocycles. The van der Waals surface area contributed by atoms with Crippen LogP contribution in [0.4, 0.5) is 23.0 Å². The van der Waals surface area contributed by atoms with Crippen LogP contribution in [0.3, 0.4) is 0 Å². The Morgan fingerprint density at radius 2 is 1.96 bits per heavy atom. The highest BCUT2D eigenvalue weighted by Crippen LogP contribution is 2.31. The van der Waals surface area contributed by atoms with E-state index in [-0.39, 0.29) is 18.8 Å². The lowest BCUT2D eigenvalue weighted by molar-refractivity contribution is 0.929. The van der Waals surface area contributed by atoms with Gasteiger partial charge in [-0.15, -0.1) is 0 Å². The van der Waals surface area contributed by atoms with Gasteiger partial charge in [0.2, 0.25) is 0 Å². The second-order valence-corrected chi connectivity index (χ2v) is 5.08. The highest BCUT2D eigenvalue weighted by molar-refractivity contribution is 6.31. The first-order valence-electron chi connectivity index (χ1n) is 6.70. The molecule has 0 atom stereocenters. The van der Waals surface area contributed by atoms with E-state index in [1.165, 1.54) is 11.2 Å². The molecule has 0 aliphatic rings. The van der Waals surface area contributed by atoms with Gasteiger partial charge in [0.15, 0.2) is 11.6 Å². The number of nitriles is 2. The number of hydrogen-bond donors (Lipinski definition) is 2. The second kappa shape index (κ2) is 7.30. The van der Waals surface area contributed by atoms with E-state index in [0.717, 1.165) is 11.3 Å². The Morgan fingerprint density at radius 3 is 2.61 bits per heavy atom. The number of halogens is 1. The summed E-state index contributed by atoms with van der Waals surface area (Å²) in [5, 5.41) is 21.5. The molecule has 0 aliphatic carbocycles. The number of rotatable bonds is 5. The molecular formula is C15H14ClN7. The van der Waals surface area contributed by atoms with E-state index in [1.807, 2.05) is 31.2 Å². The molecule has 2 aromatic rings. The second-order valence-electron chi connectivity index (χ2n) is 4.67. The van der Waals surface area contributed by atoms with Gasteiger partial charge in [0.05, 0.1) is 12.1 Å². The predicted molar refractivity (Wildman–Crippen MR) is 89.4 cm³/mol. The van der Waals surface area contributed by atoms with E-state index < -0.39 is 0 Å². The van der Waals surface area contributed by atoms with Crippen LogP contribution in [-0.2, 0) is 0 Å². The lowest BCUT2D eigenvalue weighted by atomic mass is 10.2. The minimum atomic E-state index is 0.00437. The van der Waals surface area contributed by atoms with Crippen molar-refractivity contribution in [3.05, 3.63) is 35.1 Å². The molecule has 1 aromatic carbocycles. The Labute approximate surface area is 138 Å². The molecule has 0 saturated heterocycles. The Balaban J connectivity index is 2.38. The quantitative estimate of drug-likeness (QED) is 0.811. The number of nitrogens with two attached hydrogens (primary N) is 1. The molecule has 3 N–H and O–H groups in total. The minimum absolute atomic E-state index is 0.00437. The first kappa shape index (κ1) is 16.3. The van der Waals surface area contributed by atoms with Gasteiger partial charge >= 0.3 is 0 Å². The molecule has 23 heavy (non-hydrogen) atoms. The third kappa shape index (κ3) is 3.60. The van der Waals surface area contributed by atoms with Crippen molar-refractivity contribution < 1.29 is 0 Å². The van der Waals surface area contributed by atoms with Crippen LogP contribution in [0.25, 0.3) is 0 Å². The van der Waals surface area contributed by atoms with Crippen LogP contribution in [0.1, 0.15) is 5.56 Å². The summed E-state index contributed by atoms with van der Waals surface area (Å²) in [6, 6.07) is 9.43. The van der Waals surface area contributed by atoms with Crippen molar-refractivity contribution in [1.29, 1.82) is 10.5 Å². The number of nitrogens with one attached hydrogen (secondary N) is 1. The van der Waals surface area contributed by atoms with Crippen molar-refractivity contribution >= 4 is 34.6 Å². The summed E-state index contributed by atoms with van der Waals surface area (Å²) in [4.78, 5) is 9.68. The van der Waals surface area contributed by atoms with Gasteiger partial charge in [-0.05, 0) is 24.6 Å². The van der Waals surface area contributed by atoms with Gasteiger partial charge in [-0.25, -0.2) is 9.97 Å². The van der Waals surface area contributed by atoms with Crippen molar-refractivity contribution in [2.75, 3.05) is 29.0 Å². The van der Waals surface area contributed by atoms with Gasteiger partial charge in [-0.1, -0.05) is 17.7 Å². The molecule has 0 radical (unpaired) electrons. The van der Waals surface area contributed by atoms with Crippen molar-refractivity contribution in [2.45, 2.75) is 6.92 Å². The Hall–Kier alpha value is -3.03.